The van der Waals surface area contributed by atoms with E-state index in [2.05, 4.69) is 48.0 Å². The van der Waals surface area contributed by atoms with Crippen LogP contribution in [0.4, 0.5) is 0 Å². The minimum Gasteiger partial charge on any atom is -0.481 e. The molecule has 1 N–H and O–H groups in total. The fourth-order valence-corrected chi connectivity index (χ4v) is 4.75. The SMILES string of the molecule is CCCC(C(=O)O)c1cc(C#Cc2ccc3c(c2)C(C)(C)CCS3)cnn1. The van der Waals surface area contributed by atoms with Gasteiger partial charge in [0.2, 0.25) is 0 Å². The van der Waals surface area contributed by atoms with Crippen LogP contribution in [0.1, 0.15) is 68.3 Å². The molecule has 27 heavy (non-hydrogen) atoms. The van der Waals surface area contributed by atoms with Crippen molar-refractivity contribution in [2.75, 3.05) is 5.75 Å². The van der Waals surface area contributed by atoms with E-state index >= 15 is 0 Å². The summed E-state index contributed by atoms with van der Waals surface area (Å²) in [5, 5.41) is 17.4. The number of hydrogen-bond acceptors (Lipinski definition) is 4. The third kappa shape index (κ3) is 4.51. The van der Waals surface area contributed by atoms with Crippen LogP contribution in [0.3, 0.4) is 0 Å². The molecule has 2 aromatic rings. The highest BCUT2D eigenvalue weighted by atomic mass is 32.2. The Labute approximate surface area is 164 Å². The summed E-state index contributed by atoms with van der Waals surface area (Å²) >= 11 is 1.90. The Kier molecular flexibility index (Phi) is 5.86. The number of thioether (sulfide) groups is 1. The third-order valence-corrected chi connectivity index (χ3v) is 6.03. The quantitative estimate of drug-likeness (QED) is 0.784. The van der Waals surface area contributed by atoms with E-state index in [4.69, 9.17) is 0 Å². The molecule has 0 saturated carbocycles. The van der Waals surface area contributed by atoms with Gasteiger partial charge in [0.25, 0.3) is 0 Å². The van der Waals surface area contributed by atoms with Crippen molar-refractivity contribution in [2.45, 2.75) is 56.3 Å². The van der Waals surface area contributed by atoms with Crippen LogP contribution in [-0.4, -0.2) is 27.0 Å². The molecule has 4 nitrogen and oxygen atoms in total. The molecule has 1 atom stereocenters. The number of benzene rings is 1. The molecule has 1 aromatic carbocycles. The Morgan fingerprint density at radius 2 is 2.07 bits per heavy atom. The molecule has 1 aliphatic rings. The second kappa shape index (κ2) is 8.14. The van der Waals surface area contributed by atoms with Gasteiger partial charge in [-0.1, -0.05) is 39.0 Å². The van der Waals surface area contributed by atoms with Crippen molar-refractivity contribution in [3.05, 3.63) is 52.8 Å². The standard InChI is InChI=1S/C22H24N2O2S/c1-4-5-17(21(25)26)19-13-16(14-23-24-19)7-6-15-8-9-20-18(12-15)22(2,3)10-11-27-20/h8-9,12-14,17H,4-5,10-11H2,1-3H3,(H,25,26). The number of rotatable bonds is 4. The molecule has 0 radical (unpaired) electrons. The summed E-state index contributed by atoms with van der Waals surface area (Å²) in [5.41, 5.74) is 3.64. The lowest BCUT2D eigenvalue weighted by Gasteiger charge is -2.32. The largest absolute Gasteiger partial charge is 0.481 e. The van der Waals surface area contributed by atoms with Crippen LogP contribution in [0.5, 0.6) is 0 Å². The first kappa shape index (κ1) is 19.4. The molecule has 0 spiro atoms. The number of aromatic nitrogens is 2. The first-order chi connectivity index (χ1) is 12.9. The number of carboxylic acids is 1. The molecule has 0 bridgehead atoms. The van der Waals surface area contributed by atoms with Crippen LogP contribution in [0, 0.1) is 11.8 Å². The monoisotopic (exact) mass is 380 g/mol. The number of carbonyl (C=O) groups is 1. The van der Waals surface area contributed by atoms with Gasteiger partial charge < -0.3 is 5.11 Å². The zero-order valence-corrected chi connectivity index (χ0v) is 16.8. The van der Waals surface area contributed by atoms with Crippen molar-refractivity contribution in [3.63, 3.8) is 0 Å². The lowest BCUT2D eigenvalue weighted by Crippen LogP contribution is -2.22. The van der Waals surface area contributed by atoms with E-state index in [-0.39, 0.29) is 5.41 Å². The number of nitrogens with zero attached hydrogens (tertiary/aromatic N) is 2. The number of fused-ring (bicyclic) bond motifs is 1. The first-order valence-electron chi connectivity index (χ1n) is 9.25. The van der Waals surface area contributed by atoms with Crippen molar-refractivity contribution < 1.29 is 9.90 Å². The molecular weight excluding hydrogens is 356 g/mol. The second-order valence-corrected chi connectivity index (χ2v) is 8.63. The Bertz CT molecular complexity index is 912. The van der Waals surface area contributed by atoms with Gasteiger partial charge >= 0.3 is 5.97 Å². The van der Waals surface area contributed by atoms with Crippen LogP contribution in [-0.2, 0) is 10.2 Å². The fraction of sp³-hybridized carbons (Fsp3) is 0.409. The lowest BCUT2D eigenvalue weighted by atomic mass is 9.81. The molecular formula is C22H24N2O2S. The molecule has 1 aliphatic heterocycles. The minimum absolute atomic E-state index is 0.165. The minimum atomic E-state index is -0.870. The summed E-state index contributed by atoms with van der Waals surface area (Å²) in [6, 6.07) is 8.13. The van der Waals surface area contributed by atoms with Crippen molar-refractivity contribution in [1.82, 2.24) is 10.2 Å². The van der Waals surface area contributed by atoms with E-state index in [1.165, 1.54) is 10.5 Å². The van der Waals surface area contributed by atoms with Crippen LogP contribution < -0.4 is 0 Å². The zero-order valence-electron chi connectivity index (χ0n) is 16.0. The Balaban J connectivity index is 1.88. The van der Waals surface area contributed by atoms with E-state index in [1.807, 2.05) is 24.8 Å². The molecule has 0 amide bonds. The van der Waals surface area contributed by atoms with E-state index in [0.717, 1.165) is 24.2 Å². The highest BCUT2D eigenvalue weighted by Gasteiger charge is 2.27. The lowest BCUT2D eigenvalue weighted by molar-refractivity contribution is -0.139. The van der Waals surface area contributed by atoms with Gasteiger partial charge in [0.1, 0.15) is 5.92 Å². The zero-order chi connectivity index (χ0) is 19.4. The summed E-state index contributed by atoms with van der Waals surface area (Å²) in [4.78, 5) is 12.8. The van der Waals surface area contributed by atoms with E-state index in [1.54, 1.807) is 12.3 Å². The fourth-order valence-electron chi connectivity index (χ4n) is 3.27. The van der Waals surface area contributed by atoms with Crippen molar-refractivity contribution in [2.24, 2.45) is 0 Å². The molecule has 1 unspecified atom stereocenters. The summed E-state index contributed by atoms with van der Waals surface area (Å²) in [6.07, 6.45) is 4.06. The molecule has 0 fully saturated rings. The van der Waals surface area contributed by atoms with Gasteiger partial charge in [-0.15, -0.1) is 11.8 Å². The summed E-state index contributed by atoms with van der Waals surface area (Å²) < 4.78 is 0. The molecule has 3 rings (SSSR count). The predicted octanol–water partition coefficient (Wildman–Crippen LogP) is 4.62. The van der Waals surface area contributed by atoms with Crippen LogP contribution in [0.25, 0.3) is 0 Å². The van der Waals surface area contributed by atoms with Gasteiger partial charge in [0.15, 0.2) is 0 Å². The second-order valence-electron chi connectivity index (χ2n) is 7.49. The molecule has 1 aromatic heterocycles. The summed E-state index contributed by atoms with van der Waals surface area (Å²) in [5.74, 6) is 5.97. The molecule has 0 saturated heterocycles. The van der Waals surface area contributed by atoms with Gasteiger partial charge in [0, 0.05) is 16.0 Å². The van der Waals surface area contributed by atoms with Gasteiger partial charge in [-0.2, -0.15) is 10.2 Å². The molecule has 2 heterocycles. The highest BCUT2D eigenvalue weighted by molar-refractivity contribution is 7.99. The summed E-state index contributed by atoms with van der Waals surface area (Å²) in [7, 11) is 0. The van der Waals surface area contributed by atoms with Crippen LogP contribution in [0.2, 0.25) is 0 Å². The maximum Gasteiger partial charge on any atom is 0.312 e. The topological polar surface area (TPSA) is 63.1 Å². The smallest absolute Gasteiger partial charge is 0.312 e. The van der Waals surface area contributed by atoms with Crippen molar-refractivity contribution in [1.29, 1.82) is 0 Å². The Morgan fingerprint density at radius 1 is 1.30 bits per heavy atom. The maximum absolute atomic E-state index is 11.5. The predicted molar refractivity (Wildman–Crippen MR) is 108 cm³/mol. The Hall–Kier alpha value is -2.32. The molecule has 0 aliphatic carbocycles. The number of carboxylic acid groups (broad SMARTS) is 1. The van der Waals surface area contributed by atoms with Gasteiger partial charge in [-0.25, -0.2) is 0 Å². The average molecular weight is 381 g/mol. The van der Waals surface area contributed by atoms with E-state index < -0.39 is 11.9 Å². The maximum atomic E-state index is 11.5. The third-order valence-electron chi connectivity index (χ3n) is 4.95. The van der Waals surface area contributed by atoms with Crippen LogP contribution >= 0.6 is 11.8 Å². The van der Waals surface area contributed by atoms with Gasteiger partial charge in [-0.3, -0.25) is 4.79 Å². The number of hydrogen-bond donors (Lipinski definition) is 1. The van der Waals surface area contributed by atoms with Crippen LogP contribution in [0.15, 0.2) is 35.4 Å². The summed E-state index contributed by atoms with van der Waals surface area (Å²) in [6.45, 7) is 6.52. The Morgan fingerprint density at radius 3 is 2.81 bits per heavy atom. The number of aliphatic carboxylic acids is 1. The normalized spacial score (nSPS) is 16.0. The van der Waals surface area contributed by atoms with Gasteiger partial charge in [0.05, 0.1) is 11.9 Å². The average Bonchev–Trinajstić information content (AvgIpc) is 2.64. The molecule has 5 heteroatoms. The first-order valence-corrected chi connectivity index (χ1v) is 10.2. The van der Waals surface area contributed by atoms with Gasteiger partial charge in [-0.05, 0) is 53.8 Å². The molecule has 140 valence electrons. The van der Waals surface area contributed by atoms with E-state index in [0.29, 0.717) is 17.7 Å². The highest BCUT2D eigenvalue weighted by Crippen LogP contribution is 2.41. The van der Waals surface area contributed by atoms with E-state index in [9.17, 15) is 9.90 Å². The van der Waals surface area contributed by atoms with Crippen molar-refractivity contribution in [3.8, 4) is 11.8 Å². The van der Waals surface area contributed by atoms with Crippen molar-refractivity contribution >= 4 is 17.7 Å².